The number of rotatable bonds is 5. The molecule has 0 aliphatic carbocycles. The lowest BCUT2D eigenvalue weighted by Crippen LogP contribution is -2.67. The third-order valence-corrected chi connectivity index (χ3v) is 6.98. The van der Waals surface area contributed by atoms with Crippen molar-refractivity contribution in [3.8, 4) is 0 Å². The molecular weight excluding hydrogens is 385 g/mol. The Morgan fingerprint density at radius 1 is 1.20 bits per heavy atom. The van der Waals surface area contributed by atoms with Gasteiger partial charge in [-0.05, 0) is 49.1 Å². The number of piperidine rings is 3. The van der Waals surface area contributed by atoms with E-state index >= 15 is 0 Å². The van der Waals surface area contributed by atoms with Gasteiger partial charge in [-0.15, -0.1) is 0 Å². The normalized spacial score (nSPS) is 28.1. The first-order valence-electron chi connectivity index (χ1n) is 11.0. The van der Waals surface area contributed by atoms with Gasteiger partial charge >= 0.3 is 0 Å². The van der Waals surface area contributed by atoms with E-state index in [2.05, 4.69) is 5.32 Å². The van der Waals surface area contributed by atoms with Gasteiger partial charge in [0.2, 0.25) is 17.7 Å². The third-order valence-electron chi connectivity index (χ3n) is 6.98. The van der Waals surface area contributed by atoms with E-state index in [-0.39, 0.29) is 53.9 Å². The van der Waals surface area contributed by atoms with Crippen LogP contribution in [-0.4, -0.2) is 59.2 Å². The Morgan fingerprint density at radius 3 is 2.73 bits per heavy atom. The fourth-order valence-corrected chi connectivity index (χ4v) is 5.59. The van der Waals surface area contributed by atoms with Crippen LogP contribution in [0.3, 0.4) is 0 Å². The Kier molecular flexibility index (Phi) is 6.06. The first-order chi connectivity index (χ1) is 14.4. The predicted octanol–water partition coefficient (Wildman–Crippen LogP) is 2.12. The quantitative estimate of drug-likeness (QED) is 0.801. The van der Waals surface area contributed by atoms with Crippen LogP contribution < -0.4 is 5.32 Å². The summed E-state index contributed by atoms with van der Waals surface area (Å²) in [7, 11) is 0. The molecule has 162 valence electrons. The second-order valence-electron chi connectivity index (χ2n) is 8.91. The number of aryl methyl sites for hydroxylation is 1. The third kappa shape index (κ3) is 4.20. The number of nitrogens with zero attached hydrogens (tertiary/aromatic N) is 2. The van der Waals surface area contributed by atoms with Gasteiger partial charge in [0.25, 0.3) is 0 Å². The second-order valence-corrected chi connectivity index (χ2v) is 8.91. The molecule has 3 aliphatic heterocycles. The lowest BCUT2D eigenvalue weighted by atomic mass is 9.72. The zero-order valence-corrected chi connectivity index (χ0v) is 17.5. The monoisotopic (exact) mass is 415 g/mol. The van der Waals surface area contributed by atoms with Gasteiger partial charge in [-0.1, -0.05) is 18.2 Å². The summed E-state index contributed by atoms with van der Waals surface area (Å²) in [6.07, 6.45) is 4.06. The van der Waals surface area contributed by atoms with Crippen LogP contribution in [-0.2, 0) is 20.8 Å². The number of amides is 3. The van der Waals surface area contributed by atoms with Gasteiger partial charge in [0.1, 0.15) is 5.82 Å². The summed E-state index contributed by atoms with van der Waals surface area (Å²) >= 11 is 0. The van der Waals surface area contributed by atoms with Gasteiger partial charge in [0, 0.05) is 45.4 Å². The highest BCUT2D eigenvalue weighted by Gasteiger charge is 2.49. The smallest absolute Gasteiger partial charge is 0.223 e. The van der Waals surface area contributed by atoms with Gasteiger partial charge in [0.15, 0.2) is 0 Å². The van der Waals surface area contributed by atoms with Crippen LogP contribution in [0.5, 0.6) is 0 Å². The van der Waals surface area contributed by atoms with E-state index in [4.69, 9.17) is 0 Å². The number of hydrogen-bond donors (Lipinski definition) is 1. The van der Waals surface area contributed by atoms with Crippen molar-refractivity contribution >= 4 is 17.7 Å². The van der Waals surface area contributed by atoms with Crippen LogP contribution in [0.15, 0.2) is 24.3 Å². The Morgan fingerprint density at radius 2 is 1.97 bits per heavy atom. The van der Waals surface area contributed by atoms with Crippen LogP contribution in [0.4, 0.5) is 4.39 Å². The fourth-order valence-electron chi connectivity index (χ4n) is 5.59. The molecular formula is C23H30FN3O3. The fraction of sp³-hybridized carbons (Fsp3) is 0.609. The number of halogens is 1. The van der Waals surface area contributed by atoms with Gasteiger partial charge < -0.3 is 15.1 Å². The molecule has 3 fully saturated rings. The largest absolute Gasteiger partial charge is 0.354 e. The van der Waals surface area contributed by atoms with E-state index in [1.165, 1.54) is 13.0 Å². The van der Waals surface area contributed by atoms with Gasteiger partial charge in [-0.3, -0.25) is 14.4 Å². The zero-order chi connectivity index (χ0) is 21.3. The molecule has 0 radical (unpaired) electrons. The summed E-state index contributed by atoms with van der Waals surface area (Å²) in [5.41, 5.74) is 0.565. The van der Waals surface area contributed by atoms with E-state index in [9.17, 15) is 18.8 Å². The minimum Gasteiger partial charge on any atom is -0.354 e. The van der Waals surface area contributed by atoms with Crippen molar-refractivity contribution < 1.29 is 18.8 Å². The summed E-state index contributed by atoms with van der Waals surface area (Å²) in [6.45, 7) is 3.17. The van der Waals surface area contributed by atoms with E-state index in [1.54, 1.807) is 18.2 Å². The average molecular weight is 416 g/mol. The Labute approximate surface area is 176 Å². The highest BCUT2D eigenvalue weighted by atomic mass is 19.1. The molecule has 7 heteroatoms. The minimum atomic E-state index is -0.271. The van der Waals surface area contributed by atoms with Gasteiger partial charge in [-0.25, -0.2) is 4.39 Å². The molecule has 2 bridgehead atoms. The summed E-state index contributed by atoms with van der Waals surface area (Å²) < 4.78 is 13.9. The molecule has 0 unspecified atom stereocenters. The van der Waals surface area contributed by atoms with Crippen LogP contribution in [0.2, 0.25) is 0 Å². The number of benzene rings is 1. The van der Waals surface area contributed by atoms with Crippen molar-refractivity contribution in [2.75, 3.05) is 19.6 Å². The SMILES string of the molecule is CC(=O)NC[C@H]1[C@H]2C[C@H](CN(C(=O)CCc3ccccc3F)C2)[C@@H]2CCCC(=O)N21. The Bertz CT molecular complexity index is 830. The molecule has 3 saturated heterocycles. The van der Waals surface area contributed by atoms with Crippen LogP contribution in [0, 0.1) is 17.7 Å². The number of carbonyl (C=O) groups excluding carboxylic acids is 3. The average Bonchev–Trinajstić information content (AvgIpc) is 2.73. The predicted molar refractivity (Wildman–Crippen MR) is 110 cm³/mol. The highest BCUT2D eigenvalue weighted by molar-refractivity contribution is 5.79. The van der Waals surface area contributed by atoms with Crippen molar-refractivity contribution in [2.24, 2.45) is 11.8 Å². The van der Waals surface area contributed by atoms with Crippen LogP contribution in [0.25, 0.3) is 0 Å². The molecule has 6 nitrogen and oxygen atoms in total. The molecule has 3 aliphatic rings. The standard InChI is InChI=1S/C23H30FN3O3/c1-15(28)25-12-21-18-11-17(20-7-4-8-23(30)27(20)21)13-26(14-18)22(29)10-9-16-5-2-3-6-19(16)24/h2-3,5-6,17-18,20-21H,4,7-14H2,1H3,(H,25,28)/t17-,18+,20+,21+/m1/s1. The molecule has 0 aromatic heterocycles. The summed E-state index contributed by atoms with van der Waals surface area (Å²) in [6, 6.07) is 6.66. The topological polar surface area (TPSA) is 69.7 Å². The molecule has 4 rings (SSSR count). The highest BCUT2D eigenvalue weighted by Crippen LogP contribution is 2.41. The van der Waals surface area contributed by atoms with Crippen molar-refractivity contribution in [3.05, 3.63) is 35.6 Å². The first-order valence-corrected chi connectivity index (χ1v) is 11.0. The number of likely N-dealkylation sites (tertiary alicyclic amines) is 1. The van der Waals surface area contributed by atoms with Crippen LogP contribution >= 0.6 is 0 Å². The molecule has 1 aromatic carbocycles. The zero-order valence-electron chi connectivity index (χ0n) is 17.5. The maximum atomic E-state index is 13.9. The van der Waals surface area contributed by atoms with Crippen molar-refractivity contribution in [3.63, 3.8) is 0 Å². The van der Waals surface area contributed by atoms with E-state index < -0.39 is 0 Å². The molecule has 0 saturated carbocycles. The number of hydrogen-bond acceptors (Lipinski definition) is 3. The molecule has 4 atom stereocenters. The van der Waals surface area contributed by atoms with Crippen molar-refractivity contribution in [1.29, 1.82) is 0 Å². The summed E-state index contributed by atoms with van der Waals surface area (Å²) in [5, 5.41) is 2.89. The molecule has 30 heavy (non-hydrogen) atoms. The molecule has 0 spiro atoms. The van der Waals surface area contributed by atoms with Gasteiger partial charge in [-0.2, -0.15) is 0 Å². The van der Waals surface area contributed by atoms with E-state index in [1.807, 2.05) is 9.80 Å². The Balaban J connectivity index is 1.47. The summed E-state index contributed by atoms with van der Waals surface area (Å²) in [4.78, 5) is 41.1. The maximum absolute atomic E-state index is 13.9. The van der Waals surface area contributed by atoms with Crippen LogP contribution in [0.1, 0.15) is 44.6 Å². The minimum absolute atomic E-state index is 0.0433. The van der Waals surface area contributed by atoms with Crippen molar-refractivity contribution in [2.45, 2.75) is 57.5 Å². The number of fused-ring (bicyclic) bond motifs is 4. The molecule has 1 aromatic rings. The van der Waals surface area contributed by atoms with E-state index in [0.717, 1.165) is 19.3 Å². The first kappa shape index (κ1) is 20.8. The molecule has 3 heterocycles. The molecule has 3 amide bonds. The van der Waals surface area contributed by atoms with E-state index in [0.29, 0.717) is 38.0 Å². The lowest BCUT2D eigenvalue weighted by Gasteiger charge is -2.56. The van der Waals surface area contributed by atoms with Gasteiger partial charge in [0.05, 0.1) is 6.04 Å². The Hall–Kier alpha value is -2.44. The maximum Gasteiger partial charge on any atom is 0.223 e. The van der Waals surface area contributed by atoms with Crippen molar-refractivity contribution in [1.82, 2.24) is 15.1 Å². The summed E-state index contributed by atoms with van der Waals surface area (Å²) in [5.74, 6) is 0.280. The lowest BCUT2D eigenvalue weighted by molar-refractivity contribution is -0.156. The number of nitrogens with one attached hydrogen (secondary N) is 1. The number of carbonyl (C=O) groups is 3. The second kappa shape index (κ2) is 8.74. The molecule has 1 N–H and O–H groups in total.